The number of carbonyl (C=O) groups is 1. The highest BCUT2D eigenvalue weighted by Gasteiger charge is 2.15. The van der Waals surface area contributed by atoms with E-state index in [1.165, 1.54) is 26.7 Å². The standard InChI is InChI=1S/C21H25N3O4S/c1-13(2)16-6-8-17(9-7-16)23-21(29)24-22-12-15-10-18(26-4)20(28-14(3)25)19(11-15)27-5/h6-13H,1-5H3,(H2,23,24,29)/b22-12+. The first-order valence-electron chi connectivity index (χ1n) is 8.98. The Bertz CT molecular complexity index is 870. The molecule has 0 unspecified atom stereocenters. The summed E-state index contributed by atoms with van der Waals surface area (Å²) in [5.74, 6) is 0.927. The summed E-state index contributed by atoms with van der Waals surface area (Å²) in [6.07, 6.45) is 1.55. The highest BCUT2D eigenvalue weighted by Crippen LogP contribution is 2.38. The molecule has 0 fully saturated rings. The number of hydrazone groups is 1. The smallest absolute Gasteiger partial charge is 0.308 e. The first-order valence-corrected chi connectivity index (χ1v) is 9.39. The van der Waals surface area contributed by atoms with E-state index in [-0.39, 0.29) is 5.75 Å². The van der Waals surface area contributed by atoms with E-state index in [9.17, 15) is 4.79 Å². The van der Waals surface area contributed by atoms with Crippen LogP contribution in [0.1, 0.15) is 37.8 Å². The molecule has 0 bridgehead atoms. The summed E-state index contributed by atoms with van der Waals surface area (Å²) in [6, 6.07) is 11.4. The Labute approximate surface area is 176 Å². The van der Waals surface area contributed by atoms with Crippen molar-refractivity contribution in [2.75, 3.05) is 19.5 Å². The Morgan fingerprint density at radius 1 is 1.10 bits per heavy atom. The lowest BCUT2D eigenvalue weighted by molar-refractivity contribution is -0.132. The zero-order valence-corrected chi connectivity index (χ0v) is 17.9. The van der Waals surface area contributed by atoms with E-state index in [1.807, 2.05) is 12.1 Å². The van der Waals surface area contributed by atoms with E-state index in [4.69, 9.17) is 26.4 Å². The number of methoxy groups -OCH3 is 2. The van der Waals surface area contributed by atoms with Gasteiger partial charge in [-0.2, -0.15) is 5.10 Å². The van der Waals surface area contributed by atoms with Crippen molar-refractivity contribution < 1.29 is 19.0 Å². The minimum atomic E-state index is -0.470. The third kappa shape index (κ3) is 6.46. The lowest BCUT2D eigenvalue weighted by Gasteiger charge is -2.13. The van der Waals surface area contributed by atoms with E-state index in [2.05, 4.69) is 41.8 Å². The predicted octanol–water partition coefficient (Wildman–Crippen LogP) is 4.07. The largest absolute Gasteiger partial charge is 0.493 e. The first kappa shape index (κ1) is 22.2. The molecule has 2 aromatic carbocycles. The highest BCUT2D eigenvalue weighted by atomic mass is 32.1. The molecule has 2 N–H and O–H groups in total. The van der Waals surface area contributed by atoms with Crippen LogP contribution in [-0.2, 0) is 4.79 Å². The Hall–Kier alpha value is -3.13. The summed E-state index contributed by atoms with van der Waals surface area (Å²) in [5, 5.41) is 7.55. The van der Waals surface area contributed by atoms with Crippen LogP contribution in [0.5, 0.6) is 17.2 Å². The summed E-state index contributed by atoms with van der Waals surface area (Å²) in [7, 11) is 2.95. The molecule has 0 heterocycles. The number of hydrogen-bond acceptors (Lipinski definition) is 6. The summed E-state index contributed by atoms with van der Waals surface area (Å²) in [5.41, 5.74) is 5.56. The molecule has 0 aliphatic carbocycles. The molecule has 0 spiro atoms. The second-order valence-electron chi connectivity index (χ2n) is 6.45. The van der Waals surface area contributed by atoms with Gasteiger partial charge in [-0.05, 0) is 48.0 Å². The Morgan fingerprint density at radius 3 is 2.17 bits per heavy atom. The van der Waals surface area contributed by atoms with Gasteiger partial charge in [-0.25, -0.2) is 0 Å². The van der Waals surface area contributed by atoms with Gasteiger partial charge in [0.05, 0.1) is 20.4 Å². The number of rotatable bonds is 7. The summed E-state index contributed by atoms with van der Waals surface area (Å²) in [6.45, 7) is 5.60. The second-order valence-corrected chi connectivity index (χ2v) is 6.86. The number of nitrogens with zero attached hydrogens (tertiary/aromatic N) is 1. The van der Waals surface area contributed by atoms with Crippen LogP contribution in [0.2, 0.25) is 0 Å². The van der Waals surface area contributed by atoms with Crippen molar-refractivity contribution in [2.24, 2.45) is 5.10 Å². The number of benzene rings is 2. The molecule has 8 heteroatoms. The van der Waals surface area contributed by atoms with E-state index in [0.717, 1.165) is 5.69 Å². The maximum absolute atomic E-state index is 11.3. The molecule has 154 valence electrons. The highest BCUT2D eigenvalue weighted by molar-refractivity contribution is 7.80. The number of nitrogens with one attached hydrogen (secondary N) is 2. The van der Waals surface area contributed by atoms with Crippen molar-refractivity contribution in [2.45, 2.75) is 26.7 Å². The molecule has 0 amide bonds. The van der Waals surface area contributed by atoms with Crippen LogP contribution in [0.3, 0.4) is 0 Å². The summed E-state index contributed by atoms with van der Waals surface area (Å²) < 4.78 is 15.7. The lowest BCUT2D eigenvalue weighted by atomic mass is 10.0. The van der Waals surface area contributed by atoms with Gasteiger partial charge in [0.2, 0.25) is 5.75 Å². The Morgan fingerprint density at radius 2 is 1.69 bits per heavy atom. The van der Waals surface area contributed by atoms with Crippen molar-refractivity contribution >= 4 is 35.2 Å². The van der Waals surface area contributed by atoms with Crippen LogP contribution in [0.15, 0.2) is 41.5 Å². The molecule has 0 aliphatic rings. The molecule has 2 aromatic rings. The second kappa shape index (κ2) is 10.4. The van der Waals surface area contributed by atoms with Gasteiger partial charge in [0.1, 0.15) is 0 Å². The summed E-state index contributed by atoms with van der Waals surface area (Å²) >= 11 is 5.26. The summed E-state index contributed by atoms with van der Waals surface area (Å²) in [4.78, 5) is 11.3. The quantitative estimate of drug-likeness (QED) is 0.232. The van der Waals surface area contributed by atoms with Gasteiger partial charge in [-0.1, -0.05) is 26.0 Å². The van der Waals surface area contributed by atoms with Crippen LogP contribution in [0.4, 0.5) is 5.69 Å². The molecule has 0 saturated heterocycles. The minimum absolute atomic E-state index is 0.217. The number of carbonyl (C=O) groups excluding carboxylic acids is 1. The topological polar surface area (TPSA) is 81.2 Å². The molecule has 0 saturated carbocycles. The molecule has 29 heavy (non-hydrogen) atoms. The number of anilines is 1. The van der Waals surface area contributed by atoms with Gasteiger partial charge in [-0.3, -0.25) is 10.2 Å². The van der Waals surface area contributed by atoms with Crippen LogP contribution in [0.25, 0.3) is 0 Å². The van der Waals surface area contributed by atoms with Crippen LogP contribution < -0.4 is 25.0 Å². The van der Waals surface area contributed by atoms with E-state index >= 15 is 0 Å². The van der Waals surface area contributed by atoms with Crippen molar-refractivity contribution in [1.82, 2.24) is 5.43 Å². The molecule has 2 rings (SSSR count). The van der Waals surface area contributed by atoms with E-state index in [1.54, 1.807) is 18.3 Å². The fourth-order valence-electron chi connectivity index (χ4n) is 2.49. The third-order valence-corrected chi connectivity index (χ3v) is 4.14. The van der Waals surface area contributed by atoms with Crippen LogP contribution in [-0.4, -0.2) is 31.5 Å². The molecule has 0 radical (unpaired) electrons. The third-order valence-electron chi connectivity index (χ3n) is 3.94. The minimum Gasteiger partial charge on any atom is -0.493 e. The van der Waals surface area contributed by atoms with Gasteiger partial charge in [0.25, 0.3) is 0 Å². The average molecular weight is 416 g/mol. The van der Waals surface area contributed by atoms with Crippen molar-refractivity contribution in [3.05, 3.63) is 47.5 Å². The Kier molecular flexibility index (Phi) is 7.97. The van der Waals surface area contributed by atoms with Gasteiger partial charge in [0, 0.05) is 18.2 Å². The lowest BCUT2D eigenvalue weighted by Crippen LogP contribution is -2.23. The number of thiocarbonyl (C=S) groups is 1. The van der Waals surface area contributed by atoms with Gasteiger partial charge >= 0.3 is 5.97 Å². The van der Waals surface area contributed by atoms with E-state index in [0.29, 0.717) is 28.1 Å². The fourth-order valence-corrected chi connectivity index (χ4v) is 2.67. The van der Waals surface area contributed by atoms with Gasteiger partial charge in [-0.15, -0.1) is 0 Å². The van der Waals surface area contributed by atoms with Gasteiger partial charge < -0.3 is 19.5 Å². The molecular formula is C21H25N3O4S. The normalized spacial score (nSPS) is 10.7. The first-order chi connectivity index (χ1) is 13.8. The van der Waals surface area contributed by atoms with Crippen LogP contribution in [0, 0.1) is 0 Å². The van der Waals surface area contributed by atoms with Crippen molar-refractivity contribution in [3.63, 3.8) is 0 Å². The molecule has 7 nitrogen and oxygen atoms in total. The number of esters is 1. The molecule has 0 aliphatic heterocycles. The molecule has 0 atom stereocenters. The number of hydrogen-bond donors (Lipinski definition) is 2. The average Bonchev–Trinajstić information content (AvgIpc) is 2.68. The predicted molar refractivity (Wildman–Crippen MR) is 118 cm³/mol. The van der Waals surface area contributed by atoms with Crippen molar-refractivity contribution in [3.8, 4) is 17.2 Å². The maximum Gasteiger partial charge on any atom is 0.308 e. The Balaban J connectivity index is 2.05. The number of ether oxygens (including phenoxy) is 3. The maximum atomic E-state index is 11.3. The van der Waals surface area contributed by atoms with Crippen LogP contribution >= 0.6 is 12.2 Å². The molecular weight excluding hydrogens is 390 g/mol. The van der Waals surface area contributed by atoms with Gasteiger partial charge in [0.15, 0.2) is 16.6 Å². The molecule has 0 aromatic heterocycles. The zero-order valence-electron chi connectivity index (χ0n) is 17.1. The zero-order chi connectivity index (χ0) is 21.4. The monoisotopic (exact) mass is 415 g/mol. The SMILES string of the molecule is COc1cc(/C=N/NC(=S)Nc2ccc(C(C)C)cc2)cc(OC)c1OC(C)=O. The van der Waals surface area contributed by atoms with Crippen molar-refractivity contribution in [1.29, 1.82) is 0 Å². The fraction of sp³-hybridized carbons (Fsp3) is 0.286. The van der Waals surface area contributed by atoms with E-state index < -0.39 is 5.97 Å².